The number of nitrogens with two attached hydrogens (primary N) is 1. The van der Waals surface area contributed by atoms with Crippen molar-refractivity contribution in [3.63, 3.8) is 0 Å². The summed E-state index contributed by atoms with van der Waals surface area (Å²) in [6.07, 6.45) is 4.21. The number of hydrogen-bond acceptors (Lipinski definition) is 7. The van der Waals surface area contributed by atoms with Crippen LogP contribution in [0.15, 0.2) is 12.5 Å². The van der Waals surface area contributed by atoms with Gasteiger partial charge in [0.05, 0.1) is 19.1 Å². The third-order valence-electron chi connectivity index (χ3n) is 3.38. The number of imidazole rings is 1. The number of methoxy groups -OCH3 is 1. The number of rotatable bonds is 3. The maximum Gasteiger partial charge on any atom is 0.222 e. The second-order valence-corrected chi connectivity index (χ2v) is 4.47. The predicted octanol–water partition coefficient (Wildman–Crippen LogP) is 0.0525. The summed E-state index contributed by atoms with van der Waals surface area (Å²) < 4.78 is 12.8. The molecule has 0 aromatic carbocycles. The number of nitrogens with zero attached hydrogens (tertiary/aromatic N) is 4. The van der Waals surface area contributed by atoms with E-state index in [1.165, 1.54) is 7.11 Å². The molecule has 19 heavy (non-hydrogen) atoms. The summed E-state index contributed by atoms with van der Waals surface area (Å²) in [5.74, 6) is -0.757. The Hall–Kier alpha value is -1.77. The Bertz CT molecular complexity index is 595. The van der Waals surface area contributed by atoms with Gasteiger partial charge in [-0.15, -0.1) is 0 Å². The summed E-state index contributed by atoms with van der Waals surface area (Å²) in [5, 5.41) is 9.37. The van der Waals surface area contributed by atoms with Crippen LogP contribution in [0.25, 0.3) is 11.2 Å². The summed E-state index contributed by atoms with van der Waals surface area (Å²) >= 11 is 0. The van der Waals surface area contributed by atoms with Crippen molar-refractivity contribution in [2.24, 2.45) is 0 Å². The third kappa shape index (κ3) is 1.93. The summed E-state index contributed by atoms with van der Waals surface area (Å²) in [5.41, 5.74) is 6.85. The van der Waals surface area contributed by atoms with Crippen LogP contribution in [-0.2, 0) is 9.47 Å². The molecule has 0 spiro atoms. The number of nitrogen functional groups attached to an aromatic ring is 1. The van der Waals surface area contributed by atoms with Crippen molar-refractivity contribution in [2.75, 3.05) is 19.5 Å². The van der Waals surface area contributed by atoms with Gasteiger partial charge in [-0.3, -0.25) is 4.57 Å². The first kappa shape index (κ1) is 12.3. The quantitative estimate of drug-likeness (QED) is 0.807. The van der Waals surface area contributed by atoms with E-state index in [-0.39, 0.29) is 18.8 Å². The van der Waals surface area contributed by atoms with Crippen LogP contribution >= 0.6 is 0 Å². The van der Waals surface area contributed by atoms with Crippen LogP contribution in [0.3, 0.4) is 0 Å². The van der Waals surface area contributed by atoms with Crippen molar-refractivity contribution in [1.82, 2.24) is 19.5 Å². The molecule has 2 aromatic heterocycles. The highest BCUT2D eigenvalue weighted by Crippen LogP contribution is 2.37. The lowest BCUT2D eigenvalue weighted by atomic mass is 10.2. The van der Waals surface area contributed by atoms with E-state index in [0.29, 0.717) is 24.0 Å². The van der Waals surface area contributed by atoms with E-state index in [4.69, 9.17) is 15.2 Å². The van der Waals surface area contributed by atoms with E-state index in [1.807, 2.05) is 0 Å². The minimum atomic E-state index is -0.945. The first-order valence-corrected chi connectivity index (χ1v) is 5.96. The zero-order valence-corrected chi connectivity index (χ0v) is 10.5. The molecule has 0 radical (unpaired) electrons. The molecule has 0 aliphatic carbocycles. The van der Waals surface area contributed by atoms with E-state index in [1.54, 1.807) is 17.1 Å². The standard InChI is InChI=1S/C11H15N5O3/c1-18-11(5-17)3-2-8(19-11)16-6-14-7-4-13-10(12)15-9(7)16/h4,6,8,17H,2-3,5H2,1H3,(H2,12,13,15)/t8-,11-/m1/s1. The van der Waals surface area contributed by atoms with Gasteiger partial charge in [0, 0.05) is 13.5 Å². The number of aliphatic hydroxyl groups excluding tert-OH is 1. The lowest BCUT2D eigenvalue weighted by molar-refractivity contribution is -0.241. The lowest BCUT2D eigenvalue weighted by Gasteiger charge is -2.25. The molecule has 0 unspecified atom stereocenters. The highest BCUT2D eigenvalue weighted by atomic mass is 16.7. The molecule has 2 aromatic rings. The molecule has 1 aliphatic heterocycles. The Labute approximate surface area is 109 Å². The van der Waals surface area contributed by atoms with Crippen molar-refractivity contribution >= 4 is 17.1 Å². The zero-order chi connectivity index (χ0) is 13.5. The zero-order valence-electron chi connectivity index (χ0n) is 10.5. The van der Waals surface area contributed by atoms with E-state index in [9.17, 15) is 5.11 Å². The Morgan fingerprint density at radius 3 is 3.16 bits per heavy atom. The lowest BCUT2D eigenvalue weighted by Crippen LogP contribution is -2.35. The fraction of sp³-hybridized carbons (Fsp3) is 0.545. The molecule has 0 amide bonds. The molecule has 0 bridgehead atoms. The average Bonchev–Trinajstić information content (AvgIpc) is 3.02. The molecule has 1 fully saturated rings. The number of fused-ring (bicyclic) bond motifs is 1. The minimum Gasteiger partial charge on any atom is -0.391 e. The third-order valence-corrected chi connectivity index (χ3v) is 3.38. The SMILES string of the molecule is CO[C@]1(CO)CC[C@H](n2cnc3cnc(N)nc32)O1. The van der Waals surface area contributed by atoms with Gasteiger partial charge in [-0.05, 0) is 6.42 Å². The molecule has 3 N–H and O–H groups in total. The molecule has 2 atom stereocenters. The molecule has 102 valence electrons. The van der Waals surface area contributed by atoms with Gasteiger partial charge in [-0.25, -0.2) is 9.97 Å². The molecule has 0 saturated carbocycles. The smallest absolute Gasteiger partial charge is 0.222 e. The Morgan fingerprint density at radius 1 is 1.63 bits per heavy atom. The first-order chi connectivity index (χ1) is 9.17. The van der Waals surface area contributed by atoms with Crippen molar-refractivity contribution in [2.45, 2.75) is 24.9 Å². The number of ether oxygens (including phenoxy) is 2. The summed E-state index contributed by atoms with van der Waals surface area (Å²) in [6.45, 7) is -0.191. The van der Waals surface area contributed by atoms with Crippen LogP contribution < -0.4 is 5.73 Å². The molecule has 8 heteroatoms. The van der Waals surface area contributed by atoms with Gasteiger partial charge in [0.25, 0.3) is 0 Å². The van der Waals surface area contributed by atoms with Crippen LogP contribution in [-0.4, -0.2) is 44.1 Å². The molecule has 1 saturated heterocycles. The van der Waals surface area contributed by atoms with Crippen molar-refractivity contribution in [3.05, 3.63) is 12.5 Å². The number of aliphatic hydroxyl groups is 1. The molecule has 3 rings (SSSR count). The number of anilines is 1. The van der Waals surface area contributed by atoms with Crippen molar-refractivity contribution < 1.29 is 14.6 Å². The maximum atomic E-state index is 9.37. The molecule has 1 aliphatic rings. The average molecular weight is 265 g/mol. The second-order valence-electron chi connectivity index (χ2n) is 4.47. The summed E-state index contributed by atoms with van der Waals surface area (Å²) in [6, 6.07) is 0. The fourth-order valence-electron chi connectivity index (χ4n) is 2.29. The summed E-state index contributed by atoms with van der Waals surface area (Å²) in [7, 11) is 1.52. The highest BCUT2D eigenvalue weighted by molar-refractivity contribution is 5.70. The fourth-order valence-corrected chi connectivity index (χ4v) is 2.29. The Morgan fingerprint density at radius 2 is 2.47 bits per heavy atom. The molecule has 3 heterocycles. The molecular weight excluding hydrogens is 250 g/mol. The molecular formula is C11H15N5O3. The first-order valence-electron chi connectivity index (χ1n) is 5.96. The normalized spacial score (nSPS) is 27.2. The Kier molecular flexibility index (Phi) is 2.85. The van der Waals surface area contributed by atoms with Crippen LogP contribution in [0.4, 0.5) is 5.95 Å². The van der Waals surface area contributed by atoms with Crippen molar-refractivity contribution in [1.29, 1.82) is 0 Å². The number of aromatic nitrogens is 4. The van der Waals surface area contributed by atoms with Gasteiger partial charge in [-0.2, -0.15) is 4.98 Å². The van der Waals surface area contributed by atoms with Crippen LogP contribution in [0.1, 0.15) is 19.1 Å². The van der Waals surface area contributed by atoms with E-state index in [0.717, 1.165) is 0 Å². The van der Waals surface area contributed by atoms with E-state index < -0.39 is 5.79 Å². The maximum absolute atomic E-state index is 9.37. The van der Waals surface area contributed by atoms with Gasteiger partial charge >= 0.3 is 0 Å². The van der Waals surface area contributed by atoms with E-state index >= 15 is 0 Å². The molecule has 8 nitrogen and oxygen atoms in total. The van der Waals surface area contributed by atoms with Gasteiger partial charge in [0.2, 0.25) is 5.95 Å². The second kappa shape index (κ2) is 4.41. The van der Waals surface area contributed by atoms with Crippen LogP contribution in [0.2, 0.25) is 0 Å². The van der Waals surface area contributed by atoms with Gasteiger partial charge in [-0.1, -0.05) is 0 Å². The van der Waals surface area contributed by atoms with Crippen LogP contribution in [0, 0.1) is 0 Å². The highest BCUT2D eigenvalue weighted by Gasteiger charge is 2.41. The largest absolute Gasteiger partial charge is 0.391 e. The van der Waals surface area contributed by atoms with Gasteiger partial charge in [0.1, 0.15) is 11.7 Å². The monoisotopic (exact) mass is 265 g/mol. The predicted molar refractivity (Wildman–Crippen MR) is 65.9 cm³/mol. The van der Waals surface area contributed by atoms with Crippen molar-refractivity contribution in [3.8, 4) is 0 Å². The topological polar surface area (TPSA) is 108 Å². The van der Waals surface area contributed by atoms with E-state index in [2.05, 4.69) is 15.0 Å². The van der Waals surface area contributed by atoms with Crippen LogP contribution in [0.5, 0.6) is 0 Å². The van der Waals surface area contributed by atoms with Gasteiger partial charge in [0.15, 0.2) is 11.4 Å². The number of hydrogen-bond donors (Lipinski definition) is 2. The Balaban J connectivity index is 1.96. The summed E-state index contributed by atoms with van der Waals surface area (Å²) in [4.78, 5) is 12.3. The van der Waals surface area contributed by atoms with Gasteiger partial charge < -0.3 is 20.3 Å². The minimum absolute atomic E-state index is 0.187.